The fourth-order valence-corrected chi connectivity index (χ4v) is 4.25. The molecule has 0 saturated carbocycles. The van der Waals surface area contributed by atoms with Crippen LogP contribution in [0.5, 0.6) is 0 Å². The molecule has 1 fully saturated rings. The Morgan fingerprint density at radius 3 is 2.90 bits per heavy atom. The fraction of sp³-hybridized carbons (Fsp3) is 0.250. The standard InChI is InChI=1S/C20H20N4O4S2/c1-3-8-21-16-13(18(27)23-9-4-6-12(2)17(23)22-16)11-14-19(28)24(20(29)30-14)10-5-7-15(25)26/h3-4,6,9,11,21H,1,5,7-8,10H2,2H3,(H,25,26). The third-order valence-corrected chi connectivity index (χ3v) is 5.80. The van der Waals surface area contributed by atoms with Crippen LogP contribution in [0.2, 0.25) is 0 Å². The van der Waals surface area contributed by atoms with Gasteiger partial charge in [0.05, 0.1) is 10.5 Å². The van der Waals surface area contributed by atoms with Crippen LogP contribution in [0, 0.1) is 6.92 Å². The second-order valence-corrected chi connectivity index (χ2v) is 8.24. The molecular formula is C20H20N4O4S2. The molecule has 10 heteroatoms. The van der Waals surface area contributed by atoms with Crippen LogP contribution in [0.1, 0.15) is 24.0 Å². The zero-order valence-corrected chi connectivity index (χ0v) is 17.9. The zero-order chi connectivity index (χ0) is 21.8. The topological polar surface area (TPSA) is 104 Å². The van der Waals surface area contributed by atoms with Crippen LogP contribution >= 0.6 is 24.0 Å². The largest absolute Gasteiger partial charge is 0.481 e. The molecule has 8 nitrogen and oxygen atoms in total. The predicted octanol–water partition coefficient (Wildman–Crippen LogP) is 2.67. The molecule has 0 spiro atoms. The quantitative estimate of drug-likeness (QED) is 0.364. The number of hydrogen-bond donors (Lipinski definition) is 2. The lowest BCUT2D eigenvalue weighted by atomic mass is 10.2. The molecule has 0 unspecified atom stereocenters. The molecule has 2 aromatic heterocycles. The van der Waals surface area contributed by atoms with Crippen LogP contribution < -0.4 is 10.9 Å². The lowest BCUT2D eigenvalue weighted by molar-refractivity contribution is -0.137. The fourth-order valence-electron chi connectivity index (χ4n) is 2.96. The smallest absolute Gasteiger partial charge is 0.303 e. The third kappa shape index (κ3) is 4.44. The van der Waals surface area contributed by atoms with E-state index < -0.39 is 5.97 Å². The van der Waals surface area contributed by atoms with Gasteiger partial charge in [-0.25, -0.2) is 4.98 Å². The Labute approximate surface area is 182 Å². The summed E-state index contributed by atoms with van der Waals surface area (Å²) in [6.07, 6.45) is 5.00. The number of aliphatic carboxylic acids is 1. The van der Waals surface area contributed by atoms with Gasteiger partial charge >= 0.3 is 5.97 Å². The number of carbonyl (C=O) groups excluding carboxylic acids is 1. The molecule has 3 heterocycles. The molecule has 0 radical (unpaired) electrons. The van der Waals surface area contributed by atoms with E-state index in [1.54, 1.807) is 18.3 Å². The number of pyridine rings is 1. The molecule has 30 heavy (non-hydrogen) atoms. The number of carbonyl (C=O) groups is 2. The van der Waals surface area contributed by atoms with Gasteiger partial charge < -0.3 is 10.4 Å². The molecule has 156 valence electrons. The van der Waals surface area contributed by atoms with E-state index in [0.29, 0.717) is 33.7 Å². The number of carboxylic acid groups (broad SMARTS) is 1. The number of amides is 1. The highest BCUT2D eigenvalue weighted by molar-refractivity contribution is 8.26. The summed E-state index contributed by atoms with van der Waals surface area (Å²) in [5, 5.41) is 11.9. The molecule has 0 aromatic carbocycles. The first-order valence-corrected chi connectivity index (χ1v) is 10.4. The number of thioether (sulfide) groups is 1. The van der Waals surface area contributed by atoms with Crippen LogP contribution in [-0.2, 0) is 9.59 Å². The summed E-state index contributed by atoms with van der Waals surface area (Å²) in [7, 11) is 0. The summed E-state index contributed by atoms with van der Waals surface area (Å²) in [4.78, 5) is 42.9. The SMILES string of the molecule is C=CCNc1nc2c(C)cccn2c(=O)c1C=C1SC(=S)N(CCCC(=O)O)C1=O. The van der Waals surface area contributed by atoms with Gasteiger partial charge in [0.25, 0.3) is 11.5 Å². The summed E-state index contributed by atoms with van der Waals surface area (Å²) in [5.74, 6) is -0.927. The number of fused-ring (bicyclic) bond motifs is 1. The Morgan fingerprint density at radius 1 is 1.43 bits per heavy atom. The highest BCUT2D eigenvalue weighted by atomic mass is 32.2. The summed E-state index contributed by atoms with van der Waals surface area (Å²) < 4.78 is 1.77. The minimum Gasteiger partial charge on any atom is -0.481 e. The first-order valence-electron chi connectivity index (χ1n) is 9.17. The Bertz CT molecular complexity index is 1140. The van der Waals surface area contributed by atoms with E-state index in [4.69, 9.17) is 17.3 Å². The van der Waals surface area contributed by atoms with Gasteiger partial charge in [-0.2, -0.15) is 0 Å². The van der Waals surface area contributed by atoms with Crippen molar-refractivity contribution >= 4 is 57.7 Å². The van der Waals surface area contributed by atoms with Gasteiger partial charge in [-0.15, -0.1) is 6.58 Å². The van der Waals surface area contributed by atoms with Crippen LogP contribution in [0.25, 0.3) is 11.7 Å². The van der Waals surface area contributed by atoms with Crippen LogP contribution in [0.4, 0.5) is 5.82 Å². The van der Waals surface area contributed by atoms with Crippen molar-refractivity contribution in [2.45, 2.75) is 19.8 Å². The normalized spacial score (nSPS) is 15.2. The van der Waals surface area contributed by atoms with Gasteiger partial charge in [0.15, 0.2) is 0 Å². The van der Waals surface area contributed by atoms with Crippen LogP contribution in [0.3, 0.4) is 0 Å². The molecule has 1 aliphatic heterocycles. The highest BCUT2D eigenvalue weighted by Crippen LogP contribution is 2.33. The Balaban J connectivity index is 2.02. The minimum atomic E-state index is -0.931. The number of thiocarbonyl (C=S) groups is 1. The lowest BCUT2D eigenvalue weighted by Gasteiger charge is -2.13. The number of anilines is 1. The first kappa shape index (κ1) is 21.7. The number of nitrogens with zero attached hydrogens (tertiary/aromatic N) is 3. The summed E-state index contributed by atoms with van der Waals surface area (Å²) >= 11 is 6.35. The van der Waals surface area contributed by atoms with E-state index in [2.05, 4.69) is 16.9 Å². The van der Waals surface area contributed by atoms with Crippen molar-refractivity contribution in [2.24, 2.45) is 0 Å². The molecule has 1 aliphatic rings. The average molecular weight is 445 g/mol. The Hall–Kier alpha value is -2.98. The van der Waals surface area contributed by atoms with Crippen LogP contribution in [-0.4, -0.2) is 48.7 Å². The average Bonchev–Trinajstić information content (AvgIpc) is 2.96. The number of aryl methyl sites for hydroxylation is 1. The van der Waals surface area contributed by atoms with Crippen molar-refractivity contribution in [2.75, 3.05) is 18.4 Å². The Morgan fingerprint density at radius 2 is 2.20 bits per heavy atom. The monoisotopic (exact) mass is 444 g/mol. The van der Waals surface area contributed by atoms with Crippen molar-refractivity contribution in [3.8, 4) is 0 Å². The number of nitrogens with one attached hydrogen (secondary N) is 1. The number of carboxylic acids is 1. The summed E-state index contributed by atoms with van der Waals surface area (Å²) in [5.41, 5.74) is 1.29. The van der Waals surface area contributed by atoms with E-state index in [9.17, 15) is 14.4 Å². The second-order valence-electron chi connectivity index (χ2n) is 6.56. The maximum Gasteiger partial charge on any atom is 0.303 e. The third-order valence-electron chi connectivity index (χ3n) is 4.42. The number of rotatable bonds is 8. The van der Waals surface area contributed by atoms with Gasteiger partial charge in [0.1, 0.15) is 15.8 Å². The molecule has 0 atom stereocenters. The van der Waals surface area contributed by atoms with Crippen molar-refractivity contribution < 1.29 is 14.7 Å². The minimum absolute atomic E-state index is 0.0545. The van der Waals surface area contributed by atoms with Gasteiger partial charge in [-0.05, 0) is 31.1 Å². The van der Waals surface area contributed by atoms with E-state index >= 15 is 0 Å². The van der Waals surface area contributed by atoms with Crippen LogP contribution in [0.15, 0.2) is 40.7 Å². The van der Waals surface area contributed by atoms with Crippen molar-refractivity contribution in [3.63, 3.8) is 0 Å². The lowest BCUT2D eigenvalue weighted by Crippen LogP contribution is -2.29. The molecule has 3 rings (SSSR count). The molecule has 0 aliphatic carbocycles. The molecule has 1 amide bonds. The number of hydrogen-bond acceptors (Lipinski definition) is 7. The van der Waals surface area contributed by atoms with Crippen molar-refractivity contribution in [1.29, 1.82) is 0 Å². The van der Waals surface area contributed by atoms with E-state index in [1.807, 2.05) is 13.0 Å². The van der Waals surface area contributed by atoms with Crippen molar-refractivity contribution in [3.05, 3.63) is 57.4 Å². The molecular weight excluding hydrogens is 424 g/mol. The highest BCUT2D eigenvalue weighted by Gasteiger charge is 2.32. The van der Waals surface area contributed by atoms with Gasteiger partial charge in [-0.1, -0.05) is 36.1 Å². The second kappa shape index (κ2) is 9.23. The van der Waals surface area contributed by atoms with Gasteiger partial charge in [0.2, 0.25) is 0 Å². The van der Waals surface area contributed by atoms with Crippen molar-refractivity contribution in [1.82, 2.24) is 14.3 Å². The van der Waals surface area contributed by atoms with Gasteiger partial charge in [-0.3, -0.25) is 23.7 Å². The summed E-state index contributed by atoms with van der Waals surface area (Å²) in [6, 6.07) is 3.62. The Kier molecular flexibility index (Phi) is 6.68. The molecule has 1 saturated heterocycles. The number of aromatic nitrogens is 2. The van der Waals surface area contributed by atoms with Gasteiger partial charge in [0, 0.05) is 25.7 Å². The zero-order valence-electron chi connectivity index (χ0n) is 16.3. The van der Waals surface area contributed by atoms with E-state index in [-0.39, 0.29) is 30.0 Å². The van der Waals surface area contributed by atoms with E-state index in [1.165, 1.54) is 15.4 Å². The first-order chi connectivity index (χ1) is 14.3. The molecule has 2 N–H and O–H groups in total. The summed E-state index contributed by atoms with van der Waals surface area (Å²) in [6.45, 7) is 6.14. The molecule has 0 bridgehead atoms. The van der Waals surface area contributed by atoms with E-state index in [0.717, 1.165) is 17.3 Å². The predicted molar refractivity (Wildman–Crippen MR) is 122 cm³/mol. The maximum absolute atomic E-state index is 13.1. The maximum atomic E-state index is 13.1. The molecule has 2 aromatic rings.